The minimum absolute atomic E-state index is 0.103. The first kappa shape index (κ1) is 30.1. The lowest BCUT2D eigenvalue weighted by Crippen LogP contribution is -2.30. The van der Waals surface area contributed by atoms with Gasteiger partial charge in [-0.05, 0) is 60.7 Å². The van der Waals surface area contributed by atoms with Crippen molar-refractivity contribution in [3.05, 3.63) is 124 Å². The quantitative estimate of drug-likeness (QED) is 0.0877. The molecule has 0 aromatic heterocycles. The monoisotopic (exact) mass is 612 g/mol. The number of halogens is 2. The molecule has 0 saturated heterocycles. The Morgan fingerprint density at radius 1 is 0.881 bits per heavy atom. The second-order valence-corrected chi connectivity index (χ2v) is 11.5. The summed E-state index contributed by atoms with van der Waals surface area (Å²) in [5, 5.41) is 17.0. The second kappa shape index (κ2) is 13.2. The van der Waals surface area contributed by atoms with Gasteiger partial charge in [0.05, 0.1) is 15.4 Å². The first-order valence-electron chi connectivity index (χ1n) is 12.2. The molecule has 0 fully saturated rings. The lowest BCUT2D eigenvalue weighted by molar-refractivity contribution is -0.384. The van der Waals surface area contributed by atoms with E-state index in [2.05, 4.69) is 10.6 Å². The molecule has 10 nitrogen and oxygen atoms in total. The van der Waals surface area contributed by atoms with Crippen molar-refractivity contribution in [3.63, 3.8) is 0 Å². The fraction of sp³-hybridized carbons (Fsp3) is 0.0714. The van der Waals surface area contributed by atoms with Gasteiger partial charge in [-0.2, -0.15) is 0 Å². The maximum absolute atomic E-state index is 13.8. The smallest absolute Gasteiger partial charge is 0.293 e. The minimum Gasteiger partial charge on any atom is -0.379 e. The maximum atomic E-state index is 13.8. The van der Waals surface area contributed by atoms with Crippen molar-refractivity contribution in [1.82, 2.24) is 4.72 Å². The molecule has 4 aromatic rings. The van der Waals surface area contributed by atoms with E-state index < -0.39 is 54.5 Å². The molecule has 4 rings (SSSR count). The Morgan fingerprint density at radius 2 is 1.60 bits per heavy atom. The Morgan fingerprint density at radius 3 is 2.26 bits per heavy atom. The molecule has 0 saturated carbocycles. The molecular weight excluding hydrogens is 590 g/mol. The number of nitrogens with one attached hydrogen (secondary N) is 3. The van der Waals surface area contributed by atoms with Crippen molar-refractivity contribution in [2.45, 2.75) is 9.79 Å². The first-order chi connectivity index (χ1) is 20.0. The van der Waals surface area contributed by atoms with Gasteiger partial charge in [0.15, 0.2) is 0 Å². The van der Waals surface area contributed by atoms with Crippen LogP contribution in [0.4, 0.5) is 25.8 Å². The Labute approximate surface area is 243 Å². The number of anilines is 2. The number of sulfonamides is 1. The number of carbonyl (C=O) groups is 2. The van der Waals surface area contributed by atoms with Crippen LogP contribution in [0.2, 0.25) is 0 Å². The van der Waals surface area contributed by atoms with Crippen molar-refractivity contribution < 1.29 is 31.7 Å². The third-order valence-corrected chi connectivity index (χ3v) is 8.06. The van der Waals surface area contributed by atoms with Crippen LogP contribution in [0.3, 0.4) is 0 Å². The third kappa shape index (κ3) is 7.67. The summed E-state index contributed by atoms with van der Waals surface area (Å²) in [7, 11) is -4.49. The van der Waals surface area contributed by atoms with Crippen LogP contribution < -0.4 is 15.4 Å². The van der Waals surface area contributed by atoms with Crippen molar-refractivity contribution in [2.24, 2.45) is 0 Å². The van der Waals surface area contributed by atoms with Gasteiger partial charge in [-0.15, -0.1) is 11.8 Å². The van der Waals surface area contributed by atoms with Crippen LogP contribution in [0, 0.1) is 21.7 Å². The van der Waals surface area contributed by atoms with Gasteiger partial charge >= 0.3 is 0 Å². The molecule has 216 valence electrons. The highest BCUT2D eigenvalue weighted by molar-refractivity contribution is 7.99. The fourth-order valence-corrected chi connectivity index (χ4v) is 5.45. The highest BCUT2D eigenvalue weighted by Gasteiger charge is 2.24. The van der Waals surface area contributed by atoms with Gasteiger partial charge in [0, 0.05) is 40.6 Å². The standard InChI is InChI=1S/C28H22F2N4O6S2/c29-19-8-12-23(24(30)16-19)28(36)32-20-9-6-18(7-10-20)27(35)33-42(39,40)22-11-13-25(26(17-22)34(37)38)31-14-15-41-21-4-2-1-3-5-21/h1-13,16-17,31H,14-15H2,(H,32,36)(H,33,35). The molecule has 2 amide bonds. The largest absolute Gasteiger partial charge is 0.379 e. The van der Waals surface area contributed by atoms with Gasteiger partial charge < -0.3 is 10.6 Å². The number of nitro groups is 1. The van der Waals surface area contributed by atoms with E-state index in [0.717, 1.165) is 29.2 Å². The topological polar surface area (TPSA) is 148 Å². The van der Waals surface area contributed by atoms with Crippen molar-refractivity contribution in [2.75, 3.05) is 22.9 Å². The Balaban J connectivity index is 1.39. The zero-order valence-electron chi connectivity index (χ0n) is 21.5. The number of carbonyl (C=O) groups excluding carboxylic acids is 2. The molecule has 0 spiro atoms. The molecule has 0 unspecified atom stereocenters. The van der Waals surface area contributed by atoms with Crippen LogP contribution in [0.1, 0.15) is 20.7 Å². The summed E-state index contributed by atoms with van der Waals surface area (Å²) in [6.45, 7) is 0.374. The van der Waals surface area contributed by atoms with Crippen LogP contribution in [-0.4, -0.2) is 37.5 Å². The highest BCUT2D eigenvalue weighted by atomic mass is 32.2. The molecule has 0 radical (unpaired) electrons. The number of hydrogen-bond donors (Lipinski definition) is 3. The summed E-state index contributed by atoms with van der Waals surface area (Å²) in [5.41, 5.74) is -0.701. The summed E-state index contributed by atoms with van der Waals surface area (Å²) in [6.07, 6.45) is 0. The third-order valence-electron chi connectivity index (χ3n) is 5.71. The van der Waals surface area contributed by atoms with Gasteiger partial charge in [-0.3, -0.25) is 19.7 Å². The van der Waals surface area contributed by atoms with E-state index in [-0.39, 0.29) is 16.9 Å². The average molecular weight is 613 g/mol. The summed E-state index contributed by atoms with van der Waals surface area (Å²) in [6, 6.07) is 20.3. The molecule has 0 aliphatic rings. The summed E-state index contributed by atoms with van der Waals surface area (Å²) < 4.78 is 54.5. The Kier molecular flexibility index (Phi) is 9.49. The molecule has 0 aliphatic carbocycles. The van der Waals surface area contributed by atoms with Gasteiger partial charge in [0.25, 0.3) is 27.5 Å². The van der Waals surface area contributed by atoms with Crippen LogP contribution in [0.5, 0.6) is 0 Å². The molecular formula is C28H22F2N4O6S2. The molecule has 0 atom stereocenters. The predicted octanol–water partition coefficient (Wildman–Crippen LogP) is 5.45. The van der Waals surface area contributed by atoms with E-state index >= 15 is 0 Å². The predicted molar refractivity (Wildman–Crippen MR) is 154 cm³/mol. The number of amides is 2. The summed E-state index contributed by atoms with van der Waals surface area (Å²) in [5.74, 6) is -3.19. The fourth-order valence-electron chi connectivity index (χ4n) is 3.67. The molecule has 0 heterocycles. The minimum atomic E-state index is -4.49. The zero-order valence-corrected chi connectivity index (χ0v) is 23.2. The number of nitrogens with zero attached hydrogens (tertiary/aromatic N) is 1. The number of rotatable bonds is 11. The van der Waals surface area contributed by atoms with Gasteiger partial charge in [-0.1, -0.05) is 18.2 Å². The number of hydrogen-bond acceptors (Lipinski definition) is 8. The van der Waals surface area contributed by atoms with E-state index in [4.69, 9.17) is 0 Å². The molecule has 0 aliphatic heterocycles. The van der Waals surface area contributed by atoms with E-state index in [9.17, 15) is 36.9 Å². The van der Waals surface area contributed by atoms with Gasteiger partial charge in [0.2, 0.25) is 0 Å². The van der Waals surface area contributed by atoms with Crippen LogP contribution >= 0.6 is 11.8 Å². The number of nitro benzene ring substituents is 1. The summed E-state index contributed by atoms with van der Waals surface area (Å²) >= 11 is 1.55. The van der Waals surface area contributed by atoms with Gasteiger partial charge in [-0.25, -0.2) is 21.9 Å². The molecule has 14 heteroatoms. The zero-order chi connectivity index (χ0) is 30.3. The lowest BCUT2D eigenvalue weighted by Gasteiger charge is -2.11. The normalized spacial score (nSPS) is 11.0. The molecule has 3 N–H and O–H groups in total. The van der Waals surface area contributed by atoms with E-state index in [1.165, 1.54) is 30.3 Å². The molecule has 4 aromatic carbocycles. The van der Waals surface area contributed by atoms with Crippen LogP contribution in [0.15, 0.2) is 101 Å². The Bertz CT molecular complexity index is 1740. The number of thioether (sulfide) groups is 1. The molecule has 0 bridgehead atoms. The second-order valence-electron chi connectivity index (χ2n) is 8.61. The van der Waals surface area contributed by atoms with E-state index in [1.807, 2.05) is 35.1 Å². The van der Waals surface area contributed by atoms with Crippen LogP contribution in [-0.2, 0) is 10.0 Å². The van der Waals surface area contributed by atoms with E-state index in [0.29, 0.717) is 18.4 Å². The average Bonchev–Trinajstić information content (AvgIpc) is 2.96. The van der Waals surface area contributed by atoms with Crippen molar-refractivity contribution in [3.8, 4) is 0 Å². The van der Waals surface area contributed by atoms with E-state index in [1.54, 1.807) is 11.8 Å². The van der Waals surface area contributed by atoms with Gasteiger partial charge in [0.1, 0.15) is 17.3 Å². The number of benzene rings is 4. The SMILES string of the molecule is O=C(NS(=O)(=O)c1ccc(NCCSc2ccccc2)c([N+](=O)[O-])c1)c1ccc(NC(=O)c2ccc(F)cc2F)cc1. The molecule has 42 heavy (non-hydrogen) atoms. The first-order valence-corrected chi connectivity index (χ1v) is 14.6. The van der Waals surface area contributed by atoms with Crippen LogP contribution in [0.25, 0.3) is 0 Å². The highest BCUT2D eigenvalue weighted by Crippen LogP contribution is 2.28. The van der Waals surface area contributed by atoms with Crippen molar-refractivity contribution >= 4 is 50.7 Å². The Hall–Kier alpha value is -4.82. The lowest BCUT2D eigenvalue weighted by atomic mass is 10.1. The van der Waals surface area contributed by atoms with Crippen molar-refractivity contribution in [1.29, 1.82) is 0 Å². The summed E-state index contributed by atoms with van der Waals surface area (Å²) in [4.78, 5) is 36.3. The maximum Gasteiger partial charge on any atom is 0.293 e.